The molecule has 0 atom stereocenters. The molecule has 7 nitrogen and oxygen atoms in total. The molecule has 1 aromatic carbocycles. The molecule has 2 N–H and O–H groups in total. The molecular weight excluding hydrogens is 294 g/mol. The van der Waals surface area contributed by atoms with Gasteiger partial charge in [-0.25, -0.2) is 4.98 Å². The summed E-state index contributed by atoms with van der Waals surface area (Å²) in [7, 11) is 3.41. The van der Waals surface area contributed by atoms with Gasteiger partial charge >= 0.3 is 0 Å². The second kappa shape index (κ2) is 5.75. The summed E-state index contributed by atoms with van der Waals surface area (Å²) in [5.41, 5.74) is 2.85. The molecule has 0 saturated carbocycles. The van der Waals surface area contributed by atoms with Gasteiger partial charge in [-0.3, -0.25) is 14.7 Å². The molecule has 0 bridgehead atoms. The van der Waals surface area contributed by atoms with E-state index in [0.29, 0.717) is 24.4 Å². The van der Waals surface area contributed by atoms with Crippen molar-refractivity contribution in [2.24, 2.45) is 0 Å². The van der Waals surface area contributed by atoms with E-state index >= 15 is 0 Å². The van der Waals surface area contributed by atoms with Gasteiger partial charge in [0.1, 0.15) is 0 Å². The SMILES string of the molecule is Cc1[nH]n(-c2nc3ccccc3[nH]2)c(=O)c1CCC(=O)N(C)C. The van der Waals surface area contributed by atoms with Crippen molar-refractivity contribution in [1.29, 1.82) is 0 Å². The lowest BCUT2D eigenvalue weighted by atomic mass is 10.1. The Bertz CT molecular complexity index is 883. The molecule has 2 aromatic heterocycles. The summed E-state index contributed by atoms with van der Waals surface area (Å²) in [5, 5.41) is 3.03. The first-order valence-corrected chi connectivity index (χ1v) is 7.43. The molecule has 3 aromatic rings. The van der Waals surface area contributed by atoms with Crippen molar-refractivity contribution in [2.75, 3.05) is 14.1 Å². The van der Waals surface area contributed by atoms with E-state index in [1.807, 2.05) is 31.2 Å². The fourth-order valence-electron chi connectivity index (χ4n) is 2.53. The summed E-state index contributed by atoms with van der Waals surface area (Å²) in [4.78, 5) is 33.4. The molecule has 0 unspecified atom stereocenters. The number of aromatic nitrogens is 4. The third kappa shape index (κ3) is 2.77. The predicted octanol–water partition coefficient (Wildman–Crippen LogP) is 1.37. The van der Waals surface area contributed by atoms with E-state index in [1.165, 1.54) is 9.58 Å². The monoisotopic (exact) mass is 313 g/mol. The summed E-state index contributed by atoms with van der Waals surface area (Å²) in [6.45, 7) is 1.83. The standard InChI is InChI=1S/C16H19N5O2/c1-10-11(8-9-14(22)20(2)3)15(23)21(19-10)16-17-12-6-4-5-7-13(12)18-16/h4-7,19H,8-9H2,1-3H3,(H,17,18). The van der Waals surface area contributed by atoms with Gasteiger partial charge in [-0.15, -0.1) is 0 Å². The second-order valence-electron chi connectivity index (χ2n) is 5.72. The van der Waals surface area contributed by atoms with Crippen molar-refractivity contribution in [3.63, 3.8) is 0 Å². The Balaban J connectivity index is 1.94. The van der Waals surface area contributed by atoms with Crippen LogP contribution in [0, 0.1) is 6.92 Å². The Kier molecular flexibility index (Phi) is 3.77. The van der Waals surface area contributed by atoms with Crippen LogP contribution in [0.3, 0.4) is 0 Å². The van der Waals surface area contributed by atoms with Gasteiger partial charge in [0.25, 0.3) is 5.56 Å². The summed E-state index contributed by atoms with van der Waals surface area (Å²) in [6, 6.07) is 7.59. The van der Waals surface area contributed by atoms with Crippen molar-refractivity contribution in [3.8, 4) is 5.95 Å². The van der Waals surface area contributed by atoms with Crippen molar-refractivity contribution < 1.29 is 4.79 Å². The van der Waals surface area contributed by atoms with Gasteiger partial charge in [-0.2, -0.15) is 4.68 Å². The average molecular weight is 313 g/mol. The van der Waals surface area contributed by atoms with Crippen LogP contribution in [0.5, 0.6) is 0 Å². The minimum absolute atomic E-state index is 0.000266. The molecule has 23 heavy (non-hydrogen) atoms. The normalized spacial score (nSPS) is 11.1. The first kappa shape index (κ1) is 15.1. The molecule has 0 radical (unpaired) electrons. The van der Waals surface area contributed by atoms with Crippen LogP contribution < -0.4 is 5.56 Å². The number of hydrogen-bond donors (Lipinski definition) is 2. The second-order valence-corrected chi connectivity index (χ2v) is 5.72. The van der Waals surface area contributed by atoms with Gasteiger partial charge in [0.05, 0.1) is 11.0 Å². The number of para-hydroxylation sites is 2. The minimum atomic E-state index is -0.173. The number of benzene rings is 1. The van der Waals surface area contributed by atoms with Crippen molar-refractivity contribution in [2.45, 2.75) is 19.8 Å². The van der Waals surface area contributed by atoms with Crippen molar-refractivity contribution in [3.05, 3.63) is 45.9 Å². The van der Waals surface area contributed by atoms with Crippen LogP contribution in [0.1, 0.15) is 17.7 Å². The lowest BCUT2D eigenvalue weighted by Crippen LogP contribution is -2.24. The number of fused-ring (bicyclic) bond motifs is 1. The van der Waals surface area contributed by atoms with Crippen LogP contribution in [0.4, 0.5) is 0 Å². The minimum Gasteiger partial charge on any atom is -0.349 e. The average Bonchev–Trinajstić information content (AvgIpc) is 3.06. The van der Waals surface area contributed by atoms with E-state index < -0.39 is 0 Å². The number of carbonyl (C=O) groups excluding carboxylic acids is 1. The number of carbonyl (C=O) groups is 1. The maximum absolute atomic E-state index is 12.6. The molecule has 0 spiro atoms. The van der Waals surface area contributed by atoms with Crippen LogP contribution in [0.15, 0.2) is 29.1 Å². The summed E-state index contributed by atoms with van der Waals surface area (Å²) >= 11 is 0. The topological polar surface area (TPSA) is 86.8 Å². The highest BCUT2D eigenvalue weighted by molar-refractivity contribution is 5.76. The van der Waals surface area contributed by atoms with Crippen LogP contribution in [-0.2, 0) is 11.2 Å². The molecule has 120 valence electrons. The van der Waals surface area contributed by atoms with Gasteiger partial charge in [0, 0.05) is 31.8 Å². The van der Waals surface area contributed by atoms with E-state index in [2.05, 4.69) is 15.1 Å². The molecule has 7 heteroatoms. The number of amides is 1. The molecule has 0 fully saturated rings. The highest BCUT2D eigenvalue weighted by atomic mass is 16.2. The molecule has 3 rings (SSSR count). The molecule has 0 aliphatic heterocycles. The van der Waals surface area contributed by atoms with Gasteiger partial charge < -0.3 is 9.88 Å². The molecule has 0 aliphatic carbocycles. The number of aryl methyl sites for hydroxylation is 1. The summed E-state index contributed by atoms with van der Waals surface area (Å²) in [6.07, 6.45) is 0.715. The first-order chi connectivity index (χ1) is 11.0. The fourth-order valence-corrected chi connectivity index (χ4v) is 2.53. The van der Waals surface area contributed by atoms with Gasteiger partial charge in [0.2, 0.25) is 11.9 Å². The van der Waals surface area contributed by atoms with Gasteiger partial charge in [0.15, 0.2) is 0 Å². The van der Waals surface area contributed by atoms with Gasteiger partial charge in [-0.05, 0) is 25.5 Å². The van der Waals surface area contributed by atoms with E-state index in [-0.39, 0.29) is 11.5 Å². The molecular formula is C16H19N5O2. The van der Waals surface area contributed by atoms with E-state index in [1.54, 1.807) is 14.1 Å². The fraction of sp³-hybridized carbons (Fsp3) is 0.312. The molecule has 0 aliphatic rings. The zero-order valence-electron chi connectivity index (χ0n) is 13.4. The van der Waals surface area contributed by atoms with Gasteiger partial charge in [-0.1, -0.05) is 12.1 Å². The number of nitrogens with one attached hydrogen (secondary N) is 2. The van der Waals surface area contributed by atoms with E-state index in [4.69, 9.17) is 0 Å². The third-order valence-electron chi connectivity index (χ3n) is 3.87. The zero-order valence-corrected chi connectivity index (χ0v) is 13.4. The number of rotatable bonds is 4. The Labute approximate surface area is 132 Å². The highest BCUT2D eigenvalue weighted by Gasteiger charge is 2.16. The van der Waals surface area contributed by atoms with Crippen molar-refractivity contribution >= 4 is 16.9 Å². The lowest BCUT2D eigenvalue weighted by Gasteiger charge is -2.08. The summed E-state index contributed by atoms with van der Waals surface area (Å²) < 4.78 is 1.39. The predicted molar refractivity (Wildman–Crippen MR) is 87.8 cm³/mol. The maximum atomic E-state index is 12.6. The smallest absolute Gasteiger partial charge is 0.277 e. The third-order valence-corrected chi connectivity index (χ3v) is 3.87. The van der Waals surface area contributed by atoms with Crippen LogP contribution in [0.2, 0.25) is 0 Å². The van der Waals surface area contributed by atoms with E-state index in [0.717, 1.165) is 16.7 Å². The quantitative estimate of drug-likeness (QED) is 0.762. The first-order valence-electron chi connectivity index (χ1n) is 7.43. The maximum Gasteiger partial charge on any atom is 0.277 e. The largest absolute Gasteiger partial charge is 0.349 e. The Morgan fingerprint density at radius 1 is 1.30 bits per heavy atom. The Hall–Kier alpha value is -2.83. The van der Waals surface area contributed by atoms with Crippen molar-refractivity contribution in [1.82, 2.24) is 24.6 Å². The summed E-state index contributed by atoms with van der Waals surface area (Å²) in [5.74, 6) is 0.449. The van der Waals surface area contributed by atoms with Crippen LogP contribution in [-0.4, -0.2) is 44.7 Å². The zero-order chi connectivity index (χ0) is 16.6. The van der Waals surface area contributed by atoms with E-state index in [9.17, 15) is 9.59 Å². The molecule has 1 amide bonds. The highest BCUT2D eigenvalue weighted by Crippen LogP contribution is 2.13. The Morgan fingerprint density at radius 2 is 2.04 bits per heavy atom. The van der Waals surface area contributed by atoms with Crippen LogP contribution >= 0.6 is 0 Å². The number of aromatic amines is 2. The number of nitrogens with zero attached hydrogens (tertiary/aromatic N) is 3. The Morgan fingerprint density at radius 3 is 2.74 bits per heavy atom. The van der Waals surface area contributed by atoms with Crippen LogP contribution in [0.25, 0.3) is 17.0 Å². The lowest BCUT2D eigenvalue weighted by molar-refractivity contribution is -0.128. The molecule has 2 heterocycles. The number of imidazole rings is 1. The molecule has 0 saturated heterocycles. The number of H-pyrrole nitrogens is 2. The number of hydrogen-bond acceptors (Lipinski definition) is 3.